The number of unbranched alkanes of at least 4 members (excludes halogenated alkanes) is 25. The summed E-state index contributed by atoms with van der Waals surface area (Å²) in [7, 11) is -4.33. The van der Waals surface area contributed by atoms with E-state index in [2.05, 4.69) is 19.2 Å². The number of carbonyl (C=O) groups excluding carboxylic acids is 1. The first kappa shape index (κ1) is 46.2. The fourth-order valence-electron chi connectivity index (χ4n) is 5.84. The highest BCUT2D eigenvalue weighted by Gasteiger charge is 2.26. The highest BCUT2D eigenvalue weighted by atomic mass is 31.2. The van der Waals surface area contributed by atoms with E-state index in [0.29, 0.717) is 6.42 Å². The molecule has 1 amide bonds. The molecule has 1 unspecified atom stereocenters. The lowest BCUT2D eigenvalue weighted by atomic mass is 10.0. The molecule has 0 bridgehead atoms. The Morgan fingerprint density at radius 2 is 1.09 bits per heavy atom. The molecule has 8 nitrogen and oxygen atoms in total. The lowest BCUT2D eigenvalue weighted by Crippen LogP contribution is -2.45. The molecular formula is C38H77N2O6P. The summed E-state index contributed by atoms with van der Waals surface area (Å²) in [5.41, 5.74) is 5.35. The zero-order valence-electron chi connectivity index (χ0n) is 30.8. The van der Waals surface area contributed by atoms with Gasteiger partial charge in [0.1, 0.15) is 0 Å². The van der Waals surface area contributed by atoms with Crippen LogP contribution in [0, 0.1) is 0 Å². The molecule has 0 saturated carbocycles. The van der Waals surface area contributed by atoms with Gasteiger partial charge in [-0.15, -0.1) is 0 Å². The maximum Gasteiger partial charge on any atom is 0.472 e. The van der Waals surface area contributed by atoms with E-state index in [0.717, 1.165) is 38.5 Å². The molecule has 0 aromatic heterocycles. The van der Waals surface area contributed by atoms with Crippen LogP contribution >= 0.6 is 7.82 Å². The molecule has 0 radical (unpaired) electrons. The van der Waals surface area contributed by atoms with E-state index >= 15 is 0 Å². The van der Waals surface area contributed by atoms with Gasteiger partial charge in [0.25, 0.3) is 0 Å². The minimum absolute atomic E-state index is 0.0810. The highest BCUT2D eigenvalue weighted by Crippen LogP contribution is 2.43. The molecular weight excluding hydrogens is 611 g/mol. The quantitative estimate of drug-likeness (QED) is 0.0290. The number of phosphoric ester groups is 1. The van der Waals surface area contributed by atoms with Gasteiger partial charge in [0, 0.05) is 13.0 Å². The van der Waals surface area contributed by atoms with Crippen molar-refractivity contribution in [2.75, 3.05) is 19.8 Å². The number of hydrogen-bond donors (Lipinski definition) is 4. The standard InChI is InChI=1S/C38H77N2O6P/c1-3-5-7-9-11-13-15-16-17-18-19-20-22-24-26-28-30-32-38(42)40-36(35-46-47(43,44)45-34-33-39)37(41)31-29-27-25-23-21-14-12-10-8-6-4-2/h29,31,36-37,41H,3-28,30,32-35,39H2,1-2H3,(H,40,42)(H,43,44)/b31-29+/t36-,37+/m0/s1. The van der Waals surface area contributed by atoms with Crippen LogP contribution in [0.4, 0.5) is 0 Å². The second-order valence-electron chi connectivity index (χ2n) is 13.5. The molecule has 9 heteroatoms. The van der Waals surface area contributed by atoms with Gasteiger partial charge < -0.3 is 21.1 Å². The predicted molar refractivity (Wildman–Crippen MR) is 198 cm³/mol. The van der Waals surface area contributed by atoms with Crippen molar-refractivity contribution >= 4 is 13.7 Å². The largest absolute Gasteiger partial charge is 0.472 e. The van der Waals surface area contributed by atoms with Crippen LogP contribution in [-0.2, 0) is 18.4 Å². The third-order valence-corrected chi connectivity index (χ3v) is 9.85. The number of phosphoric acid groups is 1. The Labute approximate surface area is 290 Å². The number of allylic oxidation sites excluding steroid dienone is 1. The van der Waals surface area contributed by atoms with Crippen molar-refractivity contribution in [3.05, 3.63) is 12.2 Å². The van der Waals surface area contributed by atoms with E-state index in [-0.39, 0.29) is 25.7 Å². The van der Waals surface area contributed by atoms with Gasteiger partial charge in [-0.1, -0.05) is 180 Å². The van der Waals surface area contributed by atoms with Crippen molar-refractivity contribution in [2.45, 2.75) is 206 Å². The van der Waals surface area contributed by atoms with Crippen LogP contribution in [0.25, 0.3) is 0 Å². The number of nitrogens with one attached hydrogen (secondary N) is 1. The van der Waals surface area contributed by atoms with E-state index in [1.54, 1.807) is 6.08 Å². The van der Waals surface area contributed by atoms with E-state index in [4.69, 9.17) is 14.8 Å². The number of carbonyl (C=O) groups is 1. The summed E-state index contributed by atoms with van der Waals surface area (Å²) in [6.07, 6.45) is 36.8. The summed E-state index contributed by atoms with van der Waals surface area (Å²) in [6.45, 7) is 4.13. The Hall–Kier alpha value is -0.760. The third kappa shape index (κ3) is 33.5. The smallest absolute Gasteiger partial charge is 0.387 e. The predicted octanol–water partition coefficient (Wildman–Crippen LogP) is 10.4. The van der Waals surface area contributed by atoms with Crippen molar-refractivity contribution in [3.63, 3.8) is 0 Å². The molecule has 0 heterocycles. The van der Waals surface area contributed by atoms with Crippen LogP contribution in [0.3, 0.4) is 0 Å². The molecule has 280 valence electrons. The van der Waals surface area contributed by atoms with Gasteiger partial charge in [-0.05, 0) is 19.3 Å². The van der Waals surface area contributed by atoms with Gasteiger partial charge in [-0.25, -0.2) is 4.57 Å². The van der Waals surface area contributed by atoms with E-state index < -0.39 is 20.0 Å². The highest BCUT2D eigenvalue weighted by molar-refractivity contribution is 7.47. The van der Waals surface area contributed by atoms with Crippen LogP contribution in [0.2, 0.25) is 0 Å². The molecule has 0 aliphatic heterocycles. The molecule has 0 fully saturated rings. The molecule has 0 aliphatic rings. The normalized spacial score (nSPS) is 14.4. The minimum atomic E-state index is -4.33. The molecule has 0 aromatic rings. The number of hydrogen-bond acceptors (Lipinski definition) is 6. The molecule has 0 spiro atoms. The Bertz CT molecular complexity index is 754. The van der Waals surface area contributed by atoms with Crippen molar-refractivity contribution in [1.29, 1.82) is 0 Å². The van der Waals surface area contributed by atoms with Gasteiger partial charge in [-0.2, -0.15) is 0 Å². The first-order valence-electron chi connectivity index (χ1n) is 19.8. The second-order valence-corrected chi connectivity index (χ2v) is 15.0. The summed E-state index contributed by atoms with van der Waals surface area (Å²) in [5, 5.41) is 13.6. The Morgan fingerprint density at radius 1 is 0.681 bits per heavy atom. The summed E-state index contributed by atoms with van der Waals surface area (Å²) < 4.78 is 22.0. The van der Waals surface area contributed by atoms with Crippen LogP contribution in [-0.4, -0.2) is 47.8 Å². The van der Waals surface area contributed by atoms with Crippen LogP contribution < -0.4 is 11.1 Å². The lowest BCUT2D eigenvalue weighted by molar-refractivity contribution is -0.123. The summed E-state index contributed by atoms with van der Waals surface area (Å²) >= 11 is 0. The molecule has 0 saturated heterocycles. The Balaban J connectivity index is 4.20. The second kappa shape index (κ2) is 35.1. The number of rotatable bonds is 37. The topological polar surface area (TPSA) is 131 Å². The molecule has 5 N–H and O–H groups in total. The van der Waals surface area contributed by atoms with Gasteiger partial charge in [-0.3, -0.25) is 13.8 Å². The van der Waals surface area contributed by atoms with Crippen molar-refractivity contribution in [3.8, 4) is 0 Å². The molecule has 0 aliphatic carbocycles. The number of nitrogens with two attached hydrogens (primary N) is 1. The molecule has 47 heavy (non-hydrogen) atoms. The van der Waals surface area contributed by atoms with Crippen LogP contribution in [0.1, 0.15) is 194 Å². The first-order valence-corrected chi connectivity index (χ1v) is 21.3. The maximum atomic E-state index is 12.7. The van der Waals surface area contributed by atoms with Gasteiger partial charge in [0.05, 0.1) is 25.4 Å². The van der Waals surface area contributed by atoms with Gasteiger partial charge in [0.2, 0.25) is 5.91 Å². The van der Waals surface area contributed by atoms with Crippen molar-refractivity contribution in [1.82, 2.24) is 5.32 Å². The molecule has 0 aromatic carbocycles. The number of aliphatic hydroxyl groups is 1. The SMILES string of the molecule is CCCCCCCCCCC/C=C/[C@@H](O)[C@H](COP(=O)(O)OCCN)NC(=O)CCCCCCCCCCCCCCCCCCC. The van der Waals surface area contributed by atoms with Gasteiger partial charge >= 0.3 is 7.82 Å². The Kier molecular flexibility index (Phi) is 34.5. The fraction of sp³-hybridized carbons (Fsp3) is 0.921. The average Bonchev–Trinajstić information content (AvgIpc) is 3.05. The van der Waals surface area contributed by atoms with Crippen molar-refractivity contribution in [2.24, 2.45) is 5.73 Å². The minimum Gasteiger partial charge on any atom is -0.387 e. The number of amides is 1. The third-order valence-electron chi connectivity index (χ3n) is 8.86. The van der Waals surface area contributed by atoms with Gasteiger partial charge in [0.15, 0.2) is 0 Å². The van der Waals surface area contributed by atoms with E-state index in [9.17, 15) is 19.4 Å². The van der Waals surface area contributed by atoms with E-state index in [1.807, 2.05) is 6.08 Å². The zero-order chi connectivity index (χ0) is 34.7. The zero-order valence-corrected chi connectivity index (χ0v) is 31.7. The molecule has 0 rings (SSSR count). The number of aliphatic hydroxyl groups excluding tert-OH is 1. The summed E-state index contributed by atoms with van der Waals surface area (Å²) in [6, 6.07) is -0.852. The average molecular weight is 689 g/mol. The fourth-order valence-corrected chi connectivity index (χ4v) is 6.60. The summed E-state index contributed by atoms with van der Waals surface area (Å²) in [5.74, 6) is -0.193. The van der Waals surface area contributed by atoms with Crippen molar-refractivity contribution < 1.29 is 28.4 Å². The monoisotopic (exact) mass is 689 g/mol. The first-order chi connectivity index (χ1) is 22.9. The lowest BCUT2D eigenvalue weighted by Gasteiger charge is -2.23. The molecule has 3 atom stereocenters. The van der Waals surface area contributed by atoms with Crippen LogP contribution in [0.5, 0.6) is 0 Å². The van der Waals surface area contributed by atoms with Crippen LogP contribution in [0.15, 0.2) is 12.2 Å². The summed E-state index contributed by atoms with van der Waals surface area (Å²) in [4.78, 5) is 22.6. The Morgan fingerprint density at radius 3 is 1.51 bits per heavy atom. The van der Waals surface area contributed by atoms with E-state index in [1.165, 1.54) is 135 Å². The maximum absolute atomic E-state index is 12.7.